The van der Waals surface area contributed by atoms with Crippen molar-refractivity contribution in [1.82, 2.24) is 9.97 Å². The maximum Gasteiger partial charge on any atom is 0.295 e. The van der Waals surface area contributed by atoms with Crippen LogP contribution in [0.2, 0.25) is 0 Å². The molecule has 2 aromatic heterocycles. The quantitative estimate of drug-likeness (QED) is 0.778. The van der Waals surface area contributed by atoms with E-state index in [1.807, 2.05) is 36.4 Å². The van der Waals surface area contributed by atoms with Crippen molar-refractivity contribution in [2.75, 3.05) is 12.4 Å². The molecule has 0 fully saturated rings. The van der Waals surface area contributed by atoms with Gasteiger partial charge in [0.15, 0.2) is 5.58 Å². The average molecular weight is 283 g/mol. The number of pyridine rings is 1. The lowest BCUT2D eigenvalue weighted by Gasteiger charge is -2.10. The summed E-state index contributed by atoms with van der Waals surface area (Å²) in [5.74, 6) is 0.767. The van der Waals surface area contributed by atoms with E-state index in [1.165, 1.54) is 0 Å². The average Bonchev–Trinajstić information content (AvgIpc) is 2.89. The van der Waals surface area contributed by atoms with Crippen molar-refractivity contribution in [2.24, 2.45) is 0 Å². The Morgan fingerprint density at radius 2 is 2.19 bits per heavy atom. The van der Waals surface area contributed by atoms with Crippen molar-refractivity contribution in [1.29, 1.82) is 0 Å². The monoisotopic (exact) mass is 283 g/mol. The Morgan fingerprint density at radius 1 is 1.29 bits per heavy atom. The third kappa shape index (κ3) is 3.13. The first-order chi connectivity index (χ1) is 10.2. The molecule has 5 heteroatoms. The van der Waals surface area contributed by atoms with E-state index in [-0.39, 0.29) is 6.04 Å². The van der Waals surface area contributed by atoms with Gasteiger partial charge in [0.05, 0.1) is 7.11 Å². The smallest absolute Gasteiger partial charge is 0.295 e. The molecular weight excluding hydrogens is 266 g/mol. The van der Waals surface area contributed by atoms with E-state index in [4.69, 9.17) is 9.15 Å². The Bertz CT molecular complexity index is 725. The molecule has 0 saturated heterocycles. The van der Waals surface area contributed by atoms with Gasteiger partial charge in [-0.05, 0) is 31.2 Å². The van der Waals surface area contributed by atoms with E-state index in [0.717, 1.165) is 29.0 Å². The number of nitrogens with zero attached hydrogens (tertiary/aromatic N) is 2. The Balaban J connectivity index is 1.72. The molecule has 0 aliphatic carbocycles. The van der Waals surface area contributed by atoms with Gasteiger partial charge in [-0.15, -0.1) is 0 Å². The molecule has 0 radical (unpaired) electrons. The van der Waals surface area contributed by atoms with Gasteiger partial charge in [0.25, 0.3) is 6.01 Å². The lowest BCUT2D eigenvalue weighted by Crippen LogP contribution is -2.18. The number of nitrogens with one attached hydrogen (secondary N) is 1. The van der Waals surface area contributed by atoms with Gasteiger partial charge in [-0.25, -0.2) is 0 Å². The zero-order valence-electron chi connectivity index (χ0n) is 12.0. The third-order valence-electron chi connectivity index (χ3n) is 3.21. The van der Waals surface area contributed by atoms with Gasteiger partial charge >= 0.3 is 0 Å². The van der Waals surface area contributed by atoms with Crippen molar-refractivity contribution in [3.05, 3.63) is 48.3 Å². The summed E-state index contributed by atoms with van der Waals surface area (Å²) in [5, 5.41) is 3.26. The fourth-order valence-corrected chi connectivity index (χ4v) is 2.19. The second kappa shape index (κ2) is 5.83. The lowest BCUT2D eigenvalue weighted by atomic mass is 10.2. The van der Waals surface area contributed by atoms with Crippen molar-refractivity contribution in [3.63, 3.8) is 0 Å². The van der Waals surface area contributed by atoms with E-state index in [0.29, 0.717) is 6.01 Å². The summed E-state index contributed by atoms with van der Waals surface area (Å²) in [4.78, 5) is 8.74. The first kappa shape index (κ1) is 13.4. The summed E-state index contributed by atoms with van der Waals surface area (Å²) in [7, 11) is 1.63. The topological polar surface area (TPSA) is 60.2 Å². The first-order valence-electron chi connectivity index (χ1n) is 6.85. The highest BCUT2D eigenvalue weighted by atomic mass is 16.5. The summed E-state index contributed by atoms with van der Waals surface area (Å²) in [6.45, 7) is 2.07. The molecular formula is C16H17N3O2. The van der Waals surface area contributed by atoms with Crippen LogP contribution in [0.4, 0.5) is 6.01 Å². The molecule has 5 nitrogen and oxygen atoms in total. The predicted octanol–water partition coefficient (Wildman–Crippen LogP) is 3.27. The maximum absolute atomic E-state index is 5.68. The normalized spacial score (nSPS) is 12.3. The van der Waals surface area contributed by atoms with Crippen molar-refractivity contribution < 1.29 is 9.15 Å². The summed E-state index contributed by atoms with van der Waals surface area (Å²) in [6.07, 6.45) is 2.61. The molecule has 1 aromatic carbocycles. The fraction of sp³-hybridized carbons (Fsp3) is 0.250. The maximum atomic E-state index is 5.68. The van der Waals surface area contributed by atoms with Crippen molar-refractivity contribution in [2.45, 2.75) is 19.4 Å². The molecule has 1 unspecified atom stereocenters. The Kier molecular flexibility index (Phi) is 3.73. The molecule has 0 bridgehead atoms. The van der Waals surface area contributed by atoms with Gasteiger partial charge in [0, 0.05) is 30.4 Å². The molecule has 0 aliphatic heterocycles. The molecule has 3 aromatic rings. The number of methoxy groups -OCH3 is 1. The Hall–Kier alpha value is -2.56. The number of hydrogen-bond donors (Lipinski definition) is 1. The highest BCUT2D eigenvalue weighted by Crippen LogP contribution is 2.23. The fourth-order valence-electron chi connectivity index (χ4n) is 2.19. The van der Waals surface area contributed by atoms with E-state index in [1.54, 1.807) is 13.3 Å². The van der Waals surface area contributed by atoms with E-state index in [9.17, 15) is 0 Å². The minimum Gasteiger partial charge on any atom is -0.497 e. The molecule has 0 spiro atoms. The zero-order valence-corrected chi connectivity index (χ0v) is 12.0. The highest BCUT2D eigenvalue weighted by Gasteiger charge is 2.10. The molecule has 1 atom stereocenters. The standard InChI is InChI=1S/C16H17N3O2/c1-11(9-12-5-3-4-8-17-12)18-16-19-14-10-13(20-2)6-7-15(14)21-16/h3-8,10-11H,9H2,1-2H3,(H,18,19). The van der Waals surface area contributed by atoms with Crippen LogP contribution in [0, 0.1) is 0 Å². The van der Waals surface area contributed by atoms with E-state index < -0.39 is 0 Å². The molecule has 1 N–H and O–H groups in total. The number of hydrogen-bond acceptors (Lipinski definition) is 5. The lowest BCUT2D eigenvalue weighted by molar-refractivity contribution is 0.415. The van der Waals surface area contributed by atoms with Gasteiger partial charge in [-0.3, -0.25) is 4.98 Å². The van der Waals surface area contributed by atoms with Gasteiger partial charge < -0.3 is 14.5 Å². The summed E-state index contributed by atoms with van der Waals surface area (Å²) in [5.41, 5.74) is 2.56. The molecule has 2 heterocycles. The molecule has 108 valence electrons. The second-order valence-electron chi connectivity index (χ2n) is 4.92. The number of fused-ring (bicyclic) bond motifs is 1. The summed E-state index contributed by atoms with van der Waals surface area (Å²) >= 11 is 0. The third-order valence-corrected chi connectivity index (χ3v) is 3.21. The van der Waals surface area contributed by atoms with E-state index >= 15 is 0 Å². The Morgan fingerprint density at radius 3 is 2.95 bits per heavy atom. The van der Waals surface area contributed by atoms with E-state index in [2.05, 4.69) is 22.2 Å². The van der Waals surface area contributed by atoms with Crippen LogP contribution in [0.15, 0.2) is 47.0 Å². The second-order valence-corrected chi connectivity index (χ2v) is 4.92. The number of ether oxygens (including phenoxy) is 1. The van der Waals surface area contributed by atoms with Gasteiger partial charge in [-0.2, -0.15) is 4.98 Å². The molecule has 0 saturated carbocycles. The van der Waals surface area contributed by atoms with Crippen LogP contribution in [0.3, 0.4) is 0 Å². The van der Waals surface area contributed by atoms with Crippen molar-refractivity contribution in [3.8, 4) is 5.75 Å². The highest BCUT2D eigenvalue weighted by molar-refractivity contribution is 5.76. The first-order valence-corrected chi connectivity index (χ1v) is 6.85. The molecule has 3 rings (SSSR count). The van der Waals surface area contributed by atoms with Gasteiger partial charge in [-0.1, -0.05) is 6.07 Å². The van der Waals surface area contributed by atoms with Crippen LogP contribution in [0.25, 0.3) is 11.1 Å². The number of oxazole rings is 1. The number of benzene rings is 1. The number of rotatable bonds is 5. The summed E-state index contributed by atoms with van der Waals surface area (Å²) < 4.78 is 10.9. The van der Waals surface area contributed by atoms with Gasteiger partial charge in [0.2, 0.25) is 0 Å². The number of anilines is 1. The van der Waals surface area contributed by atoms with Gasteiger partial charge in [0.1, 0.15) is 11.3 Å². The largest absolute Gasteiger partial charge is 0.497 e. The molecule has 0 aliphatic rings. The SMILES string of the molecule is COc1ccc2oc(NC(C)Cc3ccccn3)nc2c1. The van der Waals surface area contributed by atoms with Crippen LogP contribution in [0.5, 0.6) is 5.75 Å². The van der Waals surface area contributed by atoms with Crippen molar-refractivity contribution >= 4 is 17.1 Å². The minimum atomic E-state index is 0.176. The molecule has 0 amide bonds. The Labute approximate surface area is 123 Å². The van der Waals surface area contributed by atoms with Crippen LogP contribution in [0.1, 0.15) is 12.6 Å². The summed E-state index contributed by atoms with van der Waals surface area (Å²) in [6, 6.07) is 12.2. The zero-order chi connectivity index (χ0) is 14.7. The molecule has 21 heavy (non-hydrogen) atoms. The van der Waals surface area contributed by atoms with Crippen LogP contribution < -0.4 is 10.1 Å². The minimum absolute atomic E-state index is 0.176. The van der Waals surface area contributed by atoms with Crippen LogP contribution in [-0.4, -0.2) is 23.1 Å². The van der Waals surface area contributed by atoms with Crippen LogP contribution >= 0.6 is 0 Å². The number of aromatic nitrogens is 2. The predicted molar refractivity (Wildman–Crippen MR) is 81.6 cm³/mol. The van der Waals surface area contributed by atoms with Crippen LogP contribution in [-0.2, 0) is 6.42 Å².